The molecule has 0 radical (unpaired) electrons. The van der Waals surface area contributed by atoms with Gasteiger partial charge in [0.25, 0.3) is 0 Å². The van der Waals surface area contributed by atoms with Crippen LogP contribution in [-0.2, 0) is 0 Å². The van der Waals surface area contributed by atoms with Gasteiger partial charge < -0.3 is 14.7 Å². The molecule has 126 valence electrons. The summed E-state index contributed by atoms with van der Waals surface area (Å²) in [4.78, 5) is 7.33. The van der Waals surface area contributed by atoms with Gasteiger partial charge in [-0.1, -0.05) is 13.8 Å². The molecule has 20 heavy (non-hydrogen) atoms. The third kappa shape index (κ3) is 14.1. The second-order valence-corrected chi connectivity index (χ2v) is 5.51. The van der Waals surface area contributed by atoms with Gasteiger partial charge in [0.05, 0.1) is 0 Å². The maximum Gasteiger partial charge on any atom is 0.0109 e. The van der Waals surface area contributed by atoms with E-state index in [4.69, 9.17) is 0 Å². The Bertz CT molecular complexity index is 173. The highest BCUT2D eigenvalue weighted by Gasteiger charge is 2.06. The molecule has 0 amide bonds. The van der Waals surface area contributed by atoms with Crippen LogP contribution in [-0.4, -0.2) is 85.6 Å². The molecule has 0 saturated carbocycles. The normalized spacial score (nSPS) is 10.8. The first kappa shape index (κ1) is 26.1. The van der Waals surface area contributed by atoms with Crippen molar-refractivity contribution in [1.29, 1.82) is 0 Å². The summed E-state index contributed by atoms with van der Waals surface area (Å²) in [6.07, 6.45) is 0. The van der Waals surface area contributed by atoms with E-state index in [-0.39, 0.29) is 24.8 Å². The van der Waals surface area contributed by atoms with Crippen molar-refractivity contribution in [3.05, 3.63) is 0 Å². The highest BCUT2D eigenvalue weighted by molar-refractivity contribution is 7.80. The highest BCUT2D eigenvalue weighted by Crippen LogP contribution is 1.94. The van der Waals surface area contributed by atoms with Gasteiger partial charge in [-0.2, -0.15) is 25.3 Å². The molecule has 7 heteroatoms. The van der Waals surface area contributed by atoms with Crippen LogP contribution in [0.2, 0.25) is 0 Å². The lowest BCUT2D eigenvalue weighted by Gasteiger charge is -2.26. The van der Waals surface area contributed by atoms with Crippen molar-refractivity contribution in [2.45, 2.75) is 13.8 Å². The number of hydrogen-bond donors (Lipinski definition) is 2. The maximum absolute atomic E-state index is 4.29. The summed E-state index contributed by atoms with van der Waals surface area (Å²) in [5.41, 5.74) is 0. The van der Waals surface area contributed by atoms with Gasteiger partial charge in [0.1, 0.15) is 0 Å². The molecule has 0 spiro atoms. The molecule has 3 nitrogen and oxygen atoms in total. The van der Waals surface area contributed by atoms with E-state index in [1.165, 1.54) is 0 Å². The molecular weight excluding hydrogens is 333 g/mol. The number of thiol groups is 2. The largest absolute Gasteiger partial charge is 0.304 e. The zero-order chi connectivity index (χ0) is 13.8. The molecule has 0 aliphatic carbocycles. The minimum atomic E-state index is 0. The Hall–Kier alpha value is 1.16. The van der Waals surface area contributed by atoms with Gasteiger partial charge in [0.2, 0.25) is 0 Å². The summed E-state index contributed by atoms with van der Waals surface area (Å²) < 4.78 is 0. The fraction of sp³-hybridized carbons (Fsp3) is 1.00. The van der Waals surface area contributed by atoms with Crippen LogP contribution in [0, 0.1) is 0 Å². The van der Waals surface area contributed by atoms with Crippen LogP contribution in [0.4, 0.5) is 0 Å². The molecule has 0 heterocycles. The fourth-order valence-corrected chi connectivity index (χ4v) is 2.44. The number of nitrogens with zero attached hydrogens (tertiary/aromatic N) is 3. The van der Waals surface area contributed by atoms with E-state index >= 15 is 0 Å². The second-order valence-electron chi connectivity index (χ2n) is 4.62. The summed E-state index contributed by atoms with van der Waals surface area (Å²) in [6.45, 7) is 13.4. The lowest BCUT2D eigenvalue weighted by Crippen LogP contribution is -2.38. The van der Waals surface area contributed by atoms with E-state index in [0.29, 0.717) is 0 Å². The second kappa shape index (κ2) is 18.2. The average Bonchev–Trinajstić information content (AvgIpc) is 2.39. The lowest BCUT2D eigenvalue weighted by atomic mass is 10.4. The third-order valence-electron chi connectivity index (χ3n) is 3.32. The van der Waals surface area contributed by atoms with E-state index in [1.807, 2.05) is 0 Å². The monoisotopic (exact) mass is 365 g/mol. The van der Waals surface area contributed by atoms with Crippen molar-refractivity contribution in [2.75, 3.05) is 70.9 Å². The molecule has 0 unspecified atom stereocenters. The maximum atomic E-state index is 4.29. The molecule has 0 fully saturated rings. The predicted molar refractivity (Wildman–Crippen MR) is 104 cm³/mol. The van der Waals surface area contributed by atoms with Gasteiger partial charge in [0, 0.05) is 50.8 Å². The van der Waals surface area contributed by atoms with E-state index in [9.17, 15) is 0 Å². The Balaban J connectivity index is -0.00000144. The predicted octanol–water partition coefficient (Wildman–Crippen LogP) is 2.27. The first-order valence-electron chi connectivity index (χ1n) is 7.02. The molecule has 0 N–H and O–H groups in total. The van der Waals surface area contributed by atoms with Gasteiger partial charge in [-0.05, 0) is 20.1 Å². The Morgan fingerprint density at radius 2 is 1.00 bits per heavy atom. The van der Waals surface area contributed by atoms with Gasteiger partial charge in [-0.3, -0.25) is 0 Å². The van der Waals surface area contributed by atoms with Crippen molar-refractivity contribution in [1.82, 2.24) is 14.7 Å². The fourth-order valence-electron chi connectivity index (χ4n) is 1.87. The molecule has 0 aromatic rings. The van der Waals surface area contributed by atoms with Gasteiger partial charge in [-0.15, -0.1) is 24.8 Å². The molecule has 0 aliphatic heterocycles. The molecule has 0 bridgehead atoms. The van der Waals surface area contributed by atoms with Crippen molar-refractivity contribution in [3.63, 3.8) is 0 Å². The molecule has 0 atom stereocenters. The van der Waals surface area contributed by atoms with Crippen LogP contribution in [0.1, 0.15) is 13.8 Å². The Kier molecular flexibility index (Phi) is 23.7. The van der Waals surface area contributed by atoms with Gasteiger partial charge in [-0.25, -0.2) is 0 Å². The van der Waals surface area contributed by atoms with Crippen LogP contribution in [0.3, 0.4) is 0 Å². The molecule has 0 aromatic heterocycles. The Morgan fingerprint density at radius 1 is 0.650 bits per heavy atom. The minimum absolute atomic E-state index is 0. The standard InChI is InChI=1S/C13H31N3S2.2ClH/c1-4-15(10-12-17)8-6-14(3)7-9-16(5-2)11-13-18;;/h17-18H,4-13H2,1-3H3;2*1H. The molecule has 0 aliphatic rings. The van der Waals surface area contributed by atoms with Crippen molar-refractivity contribution in [2.24, 2.45) is 0 Å². The van der Waals surface area contributed by atoms with Crippen LogP contribution >= 0.6 is 50.1 Å². The van der Waals surface area contributed by atoms with E-state index in [0.717, 1.165) is 63.9 Å². The first-order valence-corrected chi connectivity index (χ1v) is 8.29. The van der Waals surface area contributed by atoms with Crippen molar-refractivity contribution >= 4 is 50.1 Å². The van der Waals surface area contributed by atoms with E-state index in [2.05, 4.69) is 60.9 Å². The van der Waals surface area contributed by atoms with Crippen LogP contribution < -0.4 is 0 Å². The summed E-state index contributed by atoms with van der Waals surface area (Å²) in [7, 11) is 2.21. The summed E-state index contributed by atoms with van der Waals surface area (Å²) in [6, 6.07) is 0. The quantitative estimate of drug-likeness (QED) is 0.514. The molecule has 0 rings (SSSR count). The zero-order valence-electron chi connectivity index (χ0n) is 13.1. The topological polar surface area (TPSA) is 9.72 Å². The van der Waals surface area contributed by atoms with E-state index < -0.39 is 0 Å². The van der Waals surface area contributed by atoms with Gasteiger partial charge >= 0.3 is 0 Å². The molecular formula is C13H33Cl2N3S2. The lowest BCUT2D eigenvalue weighted by molar-refractivity contribution is 0.211. The van der Waals surface area contributed by atoms with Gasteiger partial charge in [0.15, 0.2) is 0 Å². The Labute approximate surface area is 149 Å². The van der Waals surface area contributed by atoms with E-state index in [1.54, 1.807) is 0 Å². The number of hydrogen-bond acceptors (Lipinski definition) is 5. The Morgan fingerprint density at radius 3 is 1.25 bits per heavy atom. The van der Waals surface area contributed by atoms with Crippen molar-refractivity contribution in [3.8, 4) is 0 Å². The highest BCUT2D eigenvalue weighted by atomic mass is 35.5. The zero-order valence-corrected chi connectivity index (χ0v) is 16.5. The number of halogens is 2. The smallest absolute Gasteiger partial charge is 0.0109 e. The molecule has 0 aromatic carbocycles. The average molecular weight is 366 g/mol. The van der Waals surface area contributed by atoms with Crippen LogP contribution in [0.25, 0.3) is 0 Å². The minimum Gasteiger partial charge on any atom is -0.304 e. The SMILES string of the molecule is CCN(CCS)CCN(C)CCN(CC)CCS.Cl.Cl. The first-order chi connectivity index (χ1) is 8.67. The van der Waals surface area contributed by atoms with Crippen molar-refractivity contribution < 1.29 is 0 Å². The summed E-state index contributed by atoms with van der Waals surface area (Å²) in [5, 5.41) is 0. The summed E-state index contributed by atoms with van der Waals surface area (Å²) in [5.74, 6) is 1.90. The number of likely N-dealkylation sites (N-methyl/N-ethyl adjacent to an activating group) is 3. The third-order valence-corrected chi connectivity index (χ3v) is 3.72. The number of rotatable bonds is 12. The summed E-state index contributed by atoms with van der Waals surface area (Å²) >= 11 is 8.59. The van der Waals surface area contributed by atoms with Crippen LogP contribution in [0.5, 0.6) is 0 Å². The van der Waals surface area contributed by atoms with Crippen LogP contribution in [0.15, 0.2) is 0 Å². The molecule has 0 saturated heterocycles.